The van der Waals surface area contributed by atoms with Gasteiger partial charge in [-0.05, 0) is 22.9 Å². The van der Waals surface area contributed by atoms with Gasteiger partial charge in [-0.15, -0.1) is 0 Å². The van der Waals surface area contributed by atoms with E-state index in [2.05, 4.69) is 4.72 Å². The fraction of sp³-hybridized carbons (Fsp3) is 0.143. The highest BCUT2D eigenvalue weighted by atomic mass is 32.2. The SMILES string of the molecule is O=C[C@H](CC(=O)O)NS(=O)(=O)c1ccc2ccccc2c1. The minimum atomic E-state index is -3.95. The lowest BCUT2D eigenvalue weighted by Crippen LogP contribution is -2.37. The third-order valence-corrected chi connectivity index (χ3v) is 4.38. The second-order valence-corrected chi connectivity index (χ2v) is 6.18. The fourth-order valence-electron chi connectivity index (χ4n) is 1.91. The van der Waals surface area contributed by atoms with E-state index in [4.69, 9.17) is 5.11 Å². The molecule has 0 fully saturated rings. The molecule has 2 N–H and O–H groups in total. The van der Waals surface area contributed by atoms with Gasteiger partial charge in [-0.25, -0.2) is 13.1 Å². The number of carbonyl (C=O) groups excluding carboxylic acids is 1. The number of benzene rings is 2. The number of carboxylic acid groups (broad SMARTS) is 1. The van der Waals surface area contributed by atoms with E-state index in [0.29, 0.717) is 0 Å². The lowest BCUT2D eigenvalue weighted by molar-refractivity contribution is -0.138. The first kappa shape index (κ1) is 15.1. The van der Waals surface area contributed by atoms with Crippen LogP contribution >= 0.6 is 0 Å². The Hall–Kier alpha value is -2.25. The van der Waals surface area contributed by atoms with Crippen LogP contribution in [0.3, 0.4) is 0 Å². The average molecular weight is 307 g/mol. The molecule has 0 aromatic heterocycles. The molecule has 0 heterocycles. The molecule has 0 amide bonds. The molecule has 0 unspecified atom stereocenters. The molecule has 7 heteroatoms. The van der Waals surface area contributed by atoms with Crippen molar-refractivity contribution in [2.24, 2.45) is 0 Å². The summed E-state index contributed by atoms with van der Waals surface area (Å²) in [7, 11) is -3.95. The van der Waals surface area contributed by atoms with Gasteiger partial charge in [-0.3, -0.25) is 4.79 Å². The molecule has 6 nitrogen and oxygen atoms in total. The number of aliphatic carboxylic acids is 1. The Labute approximate surface area is 121 Å². The number of hydrogen-bond donors (Lipinski definition) is 2. The van der Waals surface area contributed by atoms with E-state index >= 15 is 0 Å². The number of nitrogens with one attached hydrogen (secondary N) is 1. The maximum Gasteiger partial charge on any atom is 0.305 e. The molecular formula is C14H13NO5S. The molecule has 0 saturated carbocycles. The summed E-state index contributed by atoms with van der Waals surface area (Å²) >= 11 is 0. The van der Waals surface area contributed by atoms with E-state index < -0.39 is 28.5 Å². The van der Waals surface area contributed by atoms with Crippen LogP contribution in [0.5, 0.6) is 0 Å². The molecule has 0 aliphatic heterocycles. The highest BCUT2D eigenvalue weighted by Gasteiger charge is 2.21. The number of carboxylic acids is 1. The van der Waals surface area contributed by atoms with E-state index in [1.54, 1.807) is 18.2 Å². The van der Waals surface area contributed by atoms with Crippen LogP contribution in [-0.4, -0.2) is 31.8 Å². The van der Waals surface area contributed by atoms with Crippen molar-refractivity contribution in [3.8, 4) is 0 Å². The first-order valence-electron chi connectivity index (χ1n) is 6.10. The third kappa shape index (κ3) is 3.65. The molecular weight excluding hydrogens is 294 g/mol. The summed E-state index contributed by atoms with van der Waals surface area (Å²) in [5.74, 6) is -1.26. The number of fused-ring (bicyclic) bond motifs is 1. The Bertz CT molecular complexity index is 785. The highest BCUT2D eigenvalue weighted by Crippen LogP contribution is 2.19. The largest absolute Gasteiger partial charge is 0.481 e. The predicted molar refractivity (Wildman–Crippen MR) is 76.4 cm³/mol. The Balaban J connectivity index is 2.32. The first-order chi connectivity index (χ1) is 9.92. The van der Waals surface area contributed by atoms with Crippen LogP contribution in [0.1, 0.15) is 6.42 Å². The van der Waals surface area contributed by atoms with Gasteiger partial charge in [-0.1, -0.05) is 30.3 Å². The topological polar surface area (TPSA) is 101 Å². The Morgan fingerprint density at radius 1 is 1.19 bits per heavy atom. The van der Waals surface area contributed by atoms with E-state index in [1.807, 2.05) is 12.1 Å². The Morgan fingerprint density at radius 3 is 2.48 bits per heavy atom. The zero-order chi connectivity index (χ0) is 15.5. The van der Waals surface area contributed by atoms with Crippen molar-refractivity contribution in [3.63, 3.8) is 0 Å². The minimum absolute atomic E-state index is 0.0153. The van der Waals surface area contributed by atoms with Gasteiger partial charge in [0.25, 0.3) is 0 Å². The molecule has 0 bridgehead atoms. The monoisotopic (exact) mass is 307 g/mol. The van der Waals surface area contributed by atoms with Crippen LogP contribution in [0.25, 0.3) is 10.8 Å². The summed E-state index contributed by atoms with van der Waals surface area (Å²) in [5, 5.41) is 10.3. The van der Waals surface area contributed by atoms with Gasteiger partial charge < -0.3 is 9.90 Å². The molecule has 0 aliphatic carbocycles. The molecule has 21 heavy (non-hydrogen) atoms. The quantitative estimate of drug-likeness (QED) is 0.780. The molecule has 0 radical (unpaired) electrons. The van der Waals surface area contributed by atoms with Gasteiger partial charge in [0.2, 0.25) is 10.0 Å². The van der Waals surface area contributed by atoms with E-state index in [9.17, 15) is 18.0 Å². The van der Waals surface area contributed by atoms with Crippen molar-refractivity contribution < 1.29 is 23.1 Å². The van der Waals surface area contributed by atoms with Crippen molar-refractivity contribution in [1.82, 2.24) is 4.72 Å². The van der Waals surface area contributed by atoms with Gasteiger partial charge in [0.05, 0.1) is 17.4 Å². The number of sulfonamides is 1. The van der Waals surface area contributed by atoms with Crippen molar-refractivity contribution in [3.05, 3.63) is 42.5 Å². The van der Waals surface area contributed by atoms with Gasteiger partial charge in [0.15, 0.2) is 0 Å². The van der Waals surface area contributed by atoms with E-state index in [-0.39, 0.29) is 11.2 Å². The number of carbonyl (C=O) groups is 2. The van der Waals surface area contributed by atoms with Gasteiger partial charge in [0, 0.05) is 0 Å². The number of rotatable bonds is 6. The summed E-state index contributed by atoms with van der Waals surface area (Å²) < 4.78 is 26.4. The normalized spacial score (nSPS) is 13.0. The lowest BCUT2D eigenvalue weighted by atomic mass is 10.1. The fourth-order valence-corrected chi connectivity index (χ4v) is 3.11. The van der Waals surface area contributed by atoms with Crippen LogP contribution in [0.2, 0.25) is 0 Å². The number of aldehydes is 1. The summed E-state index contributed by atoms with van der Waals surface area (Å²) in [4.78, 5) is 21.3. The minimum Gasteiger partial charge on any atom is -0.481 e. The van der Waals surface area contributed by atoms with Crippen LogP contribution in [0.15, 0.2) is 47.4 Å². The number of hydrogen-bond acceptors (Lipinski definition) is 4. The van der Waals surface area contributed by atoms with Crippen LogP contribution in [-0.2, 0) is 19.6 Å². The molecule has 2 aromatic carbocycles. The molecule has 2 rings (SSSR count). The van der Waals surface area contributed by atoms with Crippen LogP contribution < -0.4 is 4.72 Å². The van der Waals surface area contributed by atoms with Crippen LogP contribution in [0, 0.1) is 0 Å². The van der Waals surface area contributed by atoms with Crippen molar-refractivity contribution >= 4 is 33.1 Å². The van der Waals surface area contributed by atoms with Crippen LogP contribution in [0.4, 0.5) is 0 Å². The standard InChI is InChI=1S/C14H13NO5S/c16-9-12(8-14(17)18)15-21(19,20)13-6-5-10-3-1-2-4-11(10)7-13/h1-7,9,12,15H,8H2,(H,17,18)/t12-/m0/s1. The highest BCUT2D eigenvalue weighted by molar-refractivity contribution is 7.89. The molecule has 110 valence electrons. The summed E-state index contributed by atoms with van der Waals surface area (Å²) in [6.07, 6.45) is -0.330. The summed E-state index contributed by atoms with van der Waals surface area (Å²) in [6.45, 7) is 0. The molecule has 2 aromatic rings. The maximum absolute atomic E-state index is 12.2. The third-order valence-electron chi connectivity index (χ3n) is 2.90. The van der Waals surface area contributed by atoms with Crippen molar-refractivity contribution in [1.29, 1.82) is 0 Å². The molecule has 0 aliphatic rings. The zero-order valence-electron chi connectivity index (χ0n) is 10.9. The molecule has 1 atom stereocenters. The zero-order valence-corrected chi connectivity index (χ0v) is 11.7. The summed E-state index contributed by atoms with van der Waals surface area (Å²) in [6, 6.07) is 10.5. The molecule has 0 spiro atoms. The average Bonchev–Trinajstić information content (AvgIpc) is 2.45. The summed E-state index contributed by atoms with van der Waals surface area (Å²) in [5.41, 5.74) is 0. The van der Waals surface area contributed by atoms with Gasteiger partial charge in [0.1, 0.15) is 6.29 Å². The van der Waals surface area contributed by atoms with Gasteiger partial charge in [-0.2, -0.15) is 0 Å². The Morgan fingerprint density at radius 2 is 1.86 bits per heavy atom. The van der Waals surface area contributed by atoms with Crippen molar-refractivity contribution in [2.45, 2.75) is 17.4 Å². The van der Waals surface area contributed by atoms with Gasteiger partial charge >= 0.3 is 5.97 Å². The predicted octanol–water partition coefficient (Wildman–Crippen LogP) is 1.16. The first-order valence-corrected chi connectivity index (χ1v) is 7.59. The lowest BCUT2D eigenvalue weighted by Gasteiger charge is -2.11. The molecule has 0 saturated heterocycles. The second kappa shape index (κ2) is 6.02. The maximum atomic E-state index is 12.2. The second-order valence-electron chi connectivity index (χ2n) is 4.47. The Kier molecular flexibility index (Phi) is 4.35. The van der Waals surface area contributed by atoms with Crippen molar-refractivity contribution in [2.75, 3.05) is 0 Å². The smallest absolute Gasteiger partial charge is 0.305 e. The van der Waals surface area contributed by atoms with E-state index in [1.165, 1.54) is 12.1 Å². The van der Waals surface area contributed by atoms with E-state index in [0.717, 1.165) is 10.8 Å².